The Labute approximate surface area is 234 Å². The van der Waals surface area contributed by atoms with Crippen LogP contribution in [0.25, 0.3) is 5.76 Å². The van der Waals surface area contributed by atoms with Crippen molar-refractivity contribution in [1.29, 1.82) is 0 Å². The number of esters is 1. The highest BCUT2D eigenvalue weighted by atomic mass is 16.5. The van der Waals surface area contributed by atoms with Crippen molar-refractivity contribution >= 4 is 29.1 Å². The molecular formula is C32H34N2O6. The molecule has 0 spiro atoms. The van der Waals surface area contributed by atoms with E-state index in [9.17, 15) is 19.5 Å². The van der Waals surface area contributed by atoms with Crippen molar-refractivity contribution in [3.05, 3.63) is 94.8 Å². The molecule has 1 aromatic heterocycles. The summed E-state index contributed by atoms with van der Waals surface area (Å²) in [6.45, 7) is 9.64. The van der Waals surface area contributed by atoms with Gasteiger partial charge in [-0.15, -0.1) is 0 Å². The lowest BCUT2D eigenvalue weighted by atomic mass is 9.84. The first-order valence-corrected chi connectivity index (χ1v) is 13.1. The van der Waals surface area contributed by atoms with Crippen molar-refractivity contribution < 1.29 is 29.0 Å². The molecule has 8 nitrogen and oxygen atoms in total. The van der Waals surface area contributed by atoms with Crippen molar-refractivity contribution in [2.24, 2.45) is 0 Å². The number of aliphatic hydroxyl groups excluding tert-OH is 1. The van der Waals surface area contributed by atoms with E-state index in [1.165, 1.54) is 4.90 Å². The third-order valence-corrected chi connectivity index (χ3v) is 6.66. The SMILES string of the molecule is COc1ccc(/C(O)=C2/C(=O)C(=O)N(c3ccc(CC(=O)OC(C)C)cc3)C2c2cccnc2)cc1C(C)(C)C. The van der Waals surface area contributed by atoms with E-state index in [-0.39, 0.29) is 35.2 Å². The third kappa shape index (κ3) is 5.76. The minimum Gasteiger partial charge on any atom is -0.507 e. The van der Waals surface area contributed by atoms with Gasteiger partial charge in [0.25, 0.3) is 11.7 Å². The summed E-state index contributed by atoms with van der Waals surface area (Å²) in [7, 11) is 1.58. The maximum Gasteiger partial charge on any atom is 0.310 e. The summed E-state index contributed by atoms with van der Waals surface area (Å²) in [6, 6.07) is 14.5. The second-order valence-electron chi connectivity index (χ2n) is 11.0. The maximum absolute atomic E-state index is 13.5. The van der Waals surface area contributed by atoms with Gasteiger partial charge in [-0.3, -0.25) is 24.3 Å². The van der Waals surface area contributed by atoms with Crippen LogP contribution in [0.3, 0.4) is 0 Å². The van der Waals surface area contributed by atoms with Gasteiger partial charge in [-0.05, 0) is 66.8 Å². The lowest BCUT2D eigenvalue weighted by molar-refractivity contribution is -0.146. The van der Waals surface area contributed by atoms with Crippen molar-refractivity contribution in [3.8, 4) is 5.75 Å². The molecule has 1 aliphatic heterocycles. The van der Waals surface area contributed by atoms with Gasteiger partial charge < -0.3 is 14.6 Å². The smallest absolute Gasteiger partial charge is 0.310 e. The first kappa shape index (κ1) is 28.5. The van der Waals surface area contributed by atoms with Gasteiger partial charge in [0.1, 0.15) is 11.5 Å². The average Bonchev–Trinajstić information content (AvgIpc) is 3.18. The predicted molar refractivity (Wildman–Crippen MR) is 152 cm³/mol. The fourth-order valence-corrected chi connectivity index (χ4v) is 4.79. The topological polar surface area (TPSA) is 106 Å². The standard InChI is InChI=1S/C32H34N2O6/c1-19(2)40-26(35)16-20-9-12-23(13-10-20)34-28(22-8-7-15-33-18-22)27(30(37)31(34)38)29(36)21-11-14-25(39-6)24(17-21)32(3,4)5/h7-15,17-19,28,36H,16H2,1-6H3/b29-27-. The summed E-state index contributed by atoms with van der Waals surface area (Å²) < 4.78 is 10.7. The Kier molecular flexibility index (Phi) is 8.09. The molecule has 1 saturated heterocycles. The molecule has 1 fully saturated rings. The van der Waals surface area contributed by atoms with Gasteiger partial charge in [0.05, 0.1) is 31.2 Å². The van der Waals surface area contributed by atoms with Crippen LogP contribution < -0.4 is 9.64 Å². The Morgan fingerprint density at radius 3 is 2.35 bits per heavy atom. The van der Waals surface area contributed by atoms with Crippen LogP contribution in [0.4, 0.5) is 5.69 Å². The number of hydrogen-bond donors (Lipinski definition) is 1. The summed E-state index contributed by atoms with van der Waals surface area (Å²) in [4.78, 5) is 44.6. The largest absolute Gasteiger partial charge is 0.507 e. The Balaban J connectivity index is 1.81. The summed E-state index contributed by atoms with van der Waals surface area (Å²) in [5.74, 6) is -1.55. The molecule has 3 aromatic rings. The Bertz CT molecular complexity index is 1450. The second kappa shape index (κ2) is 11.3. The van der Waals surface area contributed by atoms with E-state index in [4.69, 9.17) is 9.47 Å². The number of benzene rings is 2. The van der Waals surface area contributed by atoms with Gasteiger partial charge in [-0.1, -0.05) is 39.0 Å². The molecular weight excluding hydrogens is 508 g/mol. The highest BCUT2D eigenvalue weighted by Crippen LogP contribution is 2.43. The molecule has 1 atom stereocenters. The zero-order valence-corrected chi connectivity index (χ0v) is 23.6. The predicted octanol–water partition coefficient (Wildman–Crippen LogP) is 5.51. The van der Waals surface area contributed by atoms with Crippen LogP contribution in [0.2, 0.25) is 0 Å². The second-order valence-corrected chi connectivity index (χ2v) is 11.0. The minimum absolute atomic E-state index is 0.0346. The van der Waals surface area contributed by atoms with Crippen molar-refractivity contribution in [2.45, 2.75) is 58.6 Å². The van der Waals surface area contributed by atoms with Crippen molar-refractivity contribution in [3.63, 3.8) is 0 Å². The zero-order chi connectivity index (χ0) is 29.2. The molecule has 1 unspecified atom stereocenters. The normalized spacial score (nSPS) is 16.9. The first-order valence-electron chi connectivity index (χ1n) is 13.1. The molecule has 4 rings (SSSR count). The number of hydrogen-bond acceptors (Lipinski definition) is 7. The Hall–Kier alpha value is -4.46. The summed E-state index contributed by atoms with van der Waals surface area (Å²) in [6.07, 6.45) is 3.03. The molecule has 8 heteroatoms. The van der Waals surface area contributed by atoms with E-state index in [1.807, 2.05) is 20.8 Å². The van der Waals surface area contributed by atoms with E-state index >= 15 is 0 Å². The highest BCUT2D eigenvalue weighted by Gasteiger charge is 2.47. The van der Waals surface area contributed by atoms with E-state index < -0.39 is 17.7 Å². The molecule has 208 valence electrons. The van der Waals surface area contributed by atoms with Gasteiger partial charge in [0.15, 0.2) is 0 Å². The number of carbonyl (C=O) groups excluding carboxylic acids is 3. The van der Waals surface area contributed by atoms with Gasteiger partial charge >= 0.3 is 5.97 Å². The number of aromatic nitrogens is 1. The number of Topliss-reactive ketones (excluding diaryl/α,β-unsaturated/α-hetero) is 1. The molecule has 0 bridgehead atoms. The number of amides is 1. The van der Waals surface area contributed by atoms with E-state index in [1.54, 1.807) is 87.9 Å². The first-order chi connectivity index (χ1) is 18.9. The Morgan fingerprint density at radius 2 is 1.77 bits per heavy atom. The monoisotopic (exact) mass is 542 g/mol. The van der Waals surface area contributed by atoms with E-state index in [2.05, 4.69) is 4.98 Å². The maximum atomic E-state index is 13.5. The molecule has 1 aliphatic rings. The summed E-state index contributed by atoms with van der Waals surface area (Å²) in [5.41, 5.74) is 2.62. The van der Waals surface area contributed by atoms with Gasteiger partial charge in [0, 0.05) is 29.2 Å². The minimum atomic E-state index is -0.911. The van der Waals surface area contributed by atoms with Crippen LogP contribution in [-0.4, -0.2) is 41.0 Å². The number of methoxy groups -OCH3 is 1. The number of carbonyl (C=O) groups is 3. The number of rotatable bonds is 7. The van der Waals surface area contributed by atoms with Gasteiger partial charge in [0.2, 0.25) is 0 Å². The molecule has 40 heavy (non-hydrogen) atoms. The molecule has 1 amide bonds. The lowest BCUT2D eigenvalue weighted by Gasteiger charge is -2.26. The number of pyridine rings is 1. The highest BCUT2D eigenvalue weighted by molar-refractivity contribution is 6.51. The molecule has 0 saturated carbocycles. The number of ketones is 1. The van der Waals surface area contributed by atoms with Crippen LogP contribution in [0.1, 0.15) is 62.9 Å². The van der Waals surface area contributed by atoms with Gasteiger partial charge in [-0.2, -0.15) is 0 Å². The molecule has 0 radical (unpaired) electrons. The van der Waals surface area contributed by atoms with E-state index in [0.717, 1.165) is 5.56 Å². The lowest BCUT2D eigenvalue weighted by Crippen LogP contribution is -2.29. The Morgan fingerprint density at radius 1 is 1.07 bits per heavy atom. The zero-order valence-electron chi connectivity index (χ0n) is 23.6. The number of aliphatic hydroxyl groups is 1. The van der Waals surface area contributed by atoms with Crippen LogP contribution in [0, 0.1) is 0 Å². The fraction of sp³-hybridized carbons (Fsp3) is 0.312. The number of ether oxygens (including phenoxy) is 2. The molecule has 2 aromatic carbocycles. The quantitative estimate of drug-likeness (QED) is 0.182. The van der Waals surface area contributed by atoms with Gasteiger partial charge in [-0.25, -0.2) is 0 Å². The van der Waals surface area contributed by atoms with Crippen LogP contribution in [-0.2, 0) is 31.0 Å². The van der Waals surface area contributed by atoms with Crippen LogP contribution in [0.5, 0.6) is 5.75 Å². The average molecular weight is 543 g/mol. The van der Waals surface area contributed by atoms with E-state index in [0.29, 0.717) is 28.1 Å². The number of anilines is 1. The van der Waals surface area contributed by atoms with Crippen molar-refractivity contribution in [2.75, 3.05) is 12.0 Å². The third-order valence-electron chi connectivity index (χ3n) is 6.66. The number of nitrogens with zero attached hydrogens (tertiary/aromatic N) is 2. The van der Waals surface area contributed by atoms with Crippen molar-refractivity contribution in [1.82, 2.24) is 4.98 Å². The fourth-order valence-electron chi connectivity index (χ4n) is 4.79. The van der Waals surface area contributed by atoms with Crippen LogP contribution in [0.15, 0.2) is 72.6 Å². The summed E-state index contributed by atoms with van der Waals surface area (Å²) in [5, 5.41) is 11.5. The molecule has 0 aliphatic carbocycles. The molecule has 2 heterocycles. The summed E-state index contributed by atoms with van der Waals surface area (Å²) >= 11 is 0. The van der Waals surface area contributed by atoms with Crippen LogP contribution >= 0.6 is 0 Å². The molecule has 1 N–H and O–H groups in total.